The molecule has 0 spiro atoms. The molecule has 1 aliphatic heterocycles. The van der Waals surface area contributed by atoms with Gasteiger partial charge in [-0.2, -0.15) is 5.10 Å². The van der Waals surface area contributed by atoms with Crippen LogP contribution in [0.5, 0.6) is 0 Å². The summed E-state index contributed by atoms with van der Waals surface area (Å²) in [7, 11) is 3.81. The molecule has 0 bridgehead atoms. The van der Waals surface area contributed by atoms with Crippen LogP contribution in [0, 0.1) is 0 Å². The zero-order valence-electron chi connectivity index (χ0n) is 19.5. The Morgan fingerprint density at radius 1 is 1.28 bits per heavy atom. The molecule has 2 N–H and O–H groups in total. The fraction of sp³-hybridized carbons (Fsp3) is 0.583. The van der Waals surface area contributed by atoms with Crippen molar-refractivity contribution in [1.29, 1.82) is 0 Å². The smallest absolute Gasteiger partial charge is 0.193 e. The van der Waals surface area contributed by atoms with Gasteiger partial charge in [0.15, 0.2) is 5.96 Å². The van der Waals surface area contributed by atoms with Gasteiger partial charge in [0.25, 0.3) is 0 Å². The minimum atomic E-state index is 0. The van der Waals surface area contributed by atoms with Crippen molar-refractivity contribution >= 4 is 29.9 Å². The summed E-state index contributed by atoms with van der Waals surface area (Å²) in [5.41, 5.74) is 2.55. The van der Waals surface area contributed by atoms with Crippen LogP contribution in [0.2, 0.25) is 0 Å². The molecule has 1 aromatic heterocycles. The molecule has 2 aliphatic rings. The van der Waals surface area contributed by atoms with Crippen molar-refractivity contribution in [2.24, 2.45) is 12.0 Å². The maximum atomic E-state index is 6.01. The summed E-state index contributed by atoms with van der Waals surface area (Å²) < 4.78 is 7.84. The standard InChI is InChI=1S/C24H36N6O.HI/c1-19(20-9-5-4-6-10-20)28-24(11-7-8-12-24)18-26-23(25-2)30-13-14-31-22(17-30)21-15-27-29(3)16-21;/h4-6,9-10,15-16,19,22,28H,7-8,11-14,17-18H2,1-3H3,(H,25,26);1H. The molecular formula is C24H37IN6O. The number of guanidine groups is 1. The topological polar surface area (TPSA) is 66.7 Å². The van der Waals surface area contributed by atoms with E-state index < -0.39 is 0 Å². The molecule has 2 fully saturated rings. The van der Waals surface area contributed by atoms with Crippen molar-refractivity contribution in [3.8, 4) is 0 Å². The van der Waals surface area contributed by atoms with Crippen LogP contribution in [-0.4, -0.2) is 59.5 Å². The molecule has 7 nitrogen and oxygen atoms in total. The largest absolute Gasteiger partial charge is 0.370 e. The lowest BCUT2D eigenvalue weighted by Gasteiger charge is -2.38. The highest BCUT2D eigenvalue weighted by atomic mass is 127. The molecule has 1 saturated heterocycles. The Bertz CT molecular complexity index is 864. The number of ether oxygens (including phenoxy) is 1. The summed E-state index contributed by atoms with van der Waals surface area (Å²) in [6.07, 6.45) is 8.88. The average molecular weight is 553 g/mol. The Labute approximate surface area is 209 Å². The van der Waals surface area contributed by atoms with E-state index in [1.54, 1.807) is 0 Å². The van der Waals surface area contributed by atoms with E-state index in [4.69, 9.17) is 4.74 Å². The highest BCUT2D eigenvalue weighted by molar-refractivity contribution is 14.0. The van der Waals surface area contributed by atoms with E-state index in [1.807, 2.05) is 31.2 Å². The first-order valence-corrected chi connectivity index (χ1v) is 11.5. The molecule has 1 aromatic carbocycles. The van der Waals surface area contributed by atoms with Crippen molar-refractivity contribution in [2.75, 3.05) is 33.3 Å². The van der Waals surface area contributed by atoms with Gasteiger partial charge in [-0.3, -0.25) is 9.67 Å². The number of aliphatic imine (C=N–C) groups is 1. The third-order valence-corrected chi connectivity index (χ3v) is 6.64. The number of aryl methyl sites for hydroxylation is 1. The predicted octanol–water partition coefficient (Wildman–Crippen LogP) is 3.65. The molecule has 4 rings (SSSR count). The van der Waals surface area contributed by atoms with Crippen molar-refractivity contribution < 1.29 is 4.74 Å². The van der Waals surface area contributed by atoms with Gasteiger partial charge < -0.3 is 20.3 Å². The first kappa shape index (κ1) is 25.0. The minimum absolute atomic E-state index is 0. The fourth-order valence-corrected chi connectivity index (χ4v) is 4.94. The SMILES string of the molecule is CN=C(NCC1(NC(C)c2ccccc2)CCCC1)N1CCOC(c2cnn(C)c2)C1.I. The van der Waals surface area contributed by atoms with E-state index in [1.165, 1.54) is 31.2 Å². The Morgan fingerprint density at radius 3 is 2.69 bits per heavy atom. The predicted molar refractivity (Wildman–Crippen MR) is 139 cm³/mol. The van der Waals surface area contributed by atoms with Gasteiger partial charge in [-0.15, -0.1) is 24.0 Å². The molecule has 2 unspecified atom stereocenters. The van der Waals surface area contributed by atoms with Gasteiger partial charge in [0.1, 0.15) is 6.10 Å². The van der Waals surface area contributed by atoms with E-state index in [0.29, 0.717) is 12.6 Å². The number of hydrogen-bond acceptors (Lipinski definition) is 4. The molecule has 0 amide bonds. The Hall–Kier alpha value is -1.65. The second-order valence-electron chi connectivity index (χ2n) is 8.92. The maximum absolute atomic E-state index is 6.01. The molecule has 8 heteroatoms. The molecule has 2 heterocycles. The lowest BCUT2D eigenvalue weighted by molar-refractivity contribution is -0.00814. The normalized spacial score (nSPS) is 21.8. The third kappa shape index (κ3) is 6.02. The van der Waals surface area contributed by atoms with Crippen LogP contribution in [0.25, 0.3) is 0 Å². The minimum Gasteiger partial charge on any atom is -0.370 e. The van der Waals surface area contributed by atoms with E-state index in [-0.39, 0.29) is 35.6 Å². The van der Waals surface area contributed by atoms with Crippen LogP contribution >= 0.6 is 24.0 Å². The second kappa shape index (κ2) is 11.5. The Balaban J connectivity index is 0.00000289. The molecule has 1 saturated carbocycles. The number of rotatable bonds is 6. The van der Waals surface area contributed by atoms with Crippen LogP contribution in [0.1, 0.15) is 55.9 Å². The van der Waals surface area contributed by atoms with Gasteiger partial charge in [-0.1, -0.05) is 43.2 Å². The number of hydrogen-bond donors (Lipinski definition) is 2. The summed E-state index contributed by atoms with van der Waals surface area (Å²) in [6.45, 7) is 5.47. The maximum Gasteiger partial charge on any atom is 0.193 e. The molecule has 32 heavy (non-hydrogen) atoms. The summed E-state index contributed by atoms with van der Waals surface area (Å²) in [6, 6.07) is 11.0. The number of nitrogens with one attached hydrogen (secondary N) is 2. The summed E-state index contributed by atoms with van der Waals surface area (Å²) in [5, 5.41) is 11.9. The van der Waals surface area contributed by atoms with Gasteiger partial charge in [-0.25, -0.2) is 0 Å². The Morgan fingerprint density at radius 2 is 2.03 bits per heavy atom. The van der Waals surface area contributed by atoms with Crippen LogP contribution in [0.15, 0.2) is 47.7 Å². The second-order valence-corrected chi connectivity index (χ2v) is 8.92. The zero-order valence-corrected chi connectivity index (χ0v) is 21.8. The van der Waals surface area contributed by atoms with Crippen LogP contribution in [0.3, 0.4) is 0 Å². The molecule has 2 atom stereocenters. The Kier molecular flexibility index (Phi) is 8.95. The lowest BCUT2D eigenvalue weighted by Crippen LogP contribution is -2.56. The van der Waals surface area contributed by atoms with Gasteiger partial charge in [0.2, 0.25) is 0 Å². The summed E-state index contributed by atoms with van der Waals surface area (Å²) >= 11 is 0. The van der Waals surface area contributed by atoms with Gasteiger partial charge in [-0.05, 0) is 25.3 Å². The zero-order chi connectivity index (χ0) is 21.7. The fourth-order valence-electron chi connectivity index (χ4n) is 4.94. The number of aromatic nitrogens is 2. The van der Waals surface area contributed by atoms with Crippen molar-refractivity contribution in [2.45, 2.75) is 50.3 Å². The quantitative estimate of drug-likeness (QED) is 0.326. The molecule has 2 aromatic rings. The highest BCUT2D eigenvalue weighted by Gasteiger charge is 2.36. The summed E-state index contributed by atoms with van der Waals surface area (Å²) in [4.78, 5) is 6.91. The van der Waals surface area contributed by atoms with E-state index in [9.17, 15) is 0 Å². The van der Waals surface area contributed by atoms with Gasteiger partial charge in [0, 0.05) is 50.5 Å². The first-order valence-electron chi connectivity index (χ1n) is 11.5. The summed E-state index contributed by atoms with van der Waals surface area (Å²) in [5.74, 6) is 0.956. The van der Waals surface area contributed by atoms with E-state index >= 15 is 0 Å². The molecule has 1 aliphatic carbocycles. The molecule has 176 valence electrons. The average Bonchev–Trinajstić information content (AvgIpc) is 3.44. The number of morpholine rings is 1. The van der Waals surface area contributed by atoms with Crippen molar-refractivity contribution in [3.63, 3.8) is 0 Å². The number of benzene rings is 1. The van der Waals surface area contributed by atoms with Crippen molar-refractivity contribution in [1.82, 2.24) is 25.3 Å². The van der Waals surface area contributed by atoms with Gasteiger partial charge >= 0.3 is 0 Å². The lowest BCUT2D eigenvalue weighted by atomic mass is 9.94. The van der Waals surface area contributed by atoms with Crippen LogP contribution < -0.4 is 10.6 Å². The molecule has 0 radical (unpaired) electrons. The van der Waals surface area contributed by atoms with E-state index in [2.05, 4.69) is 62.9 Å². The number of halogens is 1. The monoisotopic (exact) mass is 552 g/mol. The highest BCUT2D eigenvalue weighted by Crippen LogP contribution is 2.32. The van der Waals surface area contributed by atoms with Crippen molar-refractivity contribution in [3.05, 3.63) is 53.9 Å². The van der Waals surface area contributed by atoms with Gasteiger partial charge in [0.05, 0.1) is 19.3 Å². The first-order chi connectivity index (χ1) is 15.1. The van der Waals surface area contributed by atoms with E-state index in [0.717, 1.165) is 31.2 Å². The van der Waals surface area contributed by atoms with Crippen LogP contribution in [-0.2, 0) is 11.8 Å². The molecular weight excluding hydrogens is 515 g/mol. The van der Waals surface area contributed by atoms with Crippen LogP contribution in [0.4, 0.5) is 0 Å². The third-order valence-electron chi connectivity index (χ3n) is 6.64. The number of nitrogens with zero attached hydrogens (tertiary/aromatic N) is 4.